The zero-order chi connectivity index (χ0) is 43.1. The average Bonchev–Trinajstić information content (AvgIpc) is 3.96. The number of aromatic nitrogens is 3. The van der Waals surface area contributed by atoms with Crippen molar-refractivity contribution < 1.29 is 41.8 Å². The van der Waals surface area contributed by atoms with Crippen LogP contribution >= 0.6 is 0 Å². The molecular weight excluding hydrogens is 791 g/mol. The second-order valence-electron chi connectivity index (χ2n) is 17.4. The molecule has 4 amide bonds. The lowest BCUT2D eigenvalue weighted by molar-refractivity contribution is -0.141. The number of fused-ring (bicyclic) bond motifs is 3. The molecular formula is C43H57N7O9S. The maximum Gasteiger partial charge on any atom is 0.272 e. The van der Waals surface area contributed by atoms with Crippen molar-refractivity contribution in [1.82, 2.24) is 35.0 Å². The van der Waals surface area contributed by atoms with Crippen LogP contribution in [0, 0.1) is 12.8 Å². The maximum atomic E-state index is 14.8. The minimum absolute atomic E-state index is 0.0197. The van der Waals surface area contributed by atoms with Gasteiger partial charge in [-0.1, -0.05) is 25.0 Å². The van der Waals surface area contributed by atoms with E-state index in [9.17, 15) is 27.6 Å². The number of carbonyl (C=O) groups excluding carboxylic acids is 4. The number of nitrogens with one attached hydrogen (secondary N) is 3. The number of methoxy groups -OCH3 is 1. The Labute approximate surface area is 351 Å². The third-order valence-electron chi connectivity index (χ3n) is 12.1. The number of pyridine rings is 1. The van der Waals surface area contributed by atoms with E-state index in [0.717, 1.165) is 18.4 Å². The molecule has 17 heteroatoms. The van der Waals surface area contributed by atoms with Crippen molar-refractivity contribution in [3.8, 4) is 17.4 Å². The summed E-state index contributed by atoms with van der Waals surface area (Å²) in [6, 6.07) is 4.81. The van der Waals surface area contributed by atoms with Crippen LogP contribution in [0.1, 0.15) is 114 Å². The van der Waals surface area contributed by atoms with Gasteiger partial charge in [0, 0.05) is 41.6 Å². The van der Waals surface area contributed by atoms with Crippen molar-refractivity contribution in [1.29, 1.82) is 0 Å². The summed E-state index contributed by atoms with van der Waals surface area (Å²) >= 11 is 0. The first-order valence-electron chi connectivity index (χ1n) is 21.0. The number of hydrogen-bond acceptors (Lipinski definition) is 11. The number of benzene rings is 1. The molecule has 0 unspecified atom stereocenters. The highest BCUT2D eigenvalue weighted by atomic mass is 32.2. The van der Waals surface area contributed by atoms with Gasteiger partial charge in [-0.25, -0.2) is 13.4 Å². The van der Waals surface area contributed by atoms with Gasteiger partial charge in [-0.15, -0.1) is 0 Å². The topological polar surface area (TPSA) is 200 Å². The molecule has 0 spiro atoms. The normalized spacial score (nSPS) is 26.0. The Morgan fingerprint density at radius 1 is 1.05 bits per heavy atom. The predicted molar refractivity (Wildman–Crippen MR) is 223 cm³/mol. The molecule has 2 aliphatic carbocycles. The van der Waals surface area contributed by atoms with E-state index in [0.29, 0.717) is 60.4 Å². The summed E-state index contributed by atoms with van der Waals surface area (Å²) < 4.78 is 47.7. The molecule has 5 atom stereocenters. The molecule has 4 aliphatic rings. The summed E-state index contributed by atoms with van der Waals surface area (Å²) in [6.07, 6.45) is 8.86. The first kappa shape index (κ1) is 42.9. The molecule has 4 heterocycles. The number of sulfonamides is 1. The Balaban J connectivity index is 1.23. The van der Waals surface area contributed by atoms with Crippen LogP contribution in [0.15, 0.2) is 42.6 Å². The van der Waals surface area contributed by atoms with Gasteiger partial charge in [-0.05, 0) is 98.3 Å². The van der Waals surface area contributed by atoms with Gasteiger partial charge in [-0.3, -0.25) is 28.6 Å². The van der Waals surface area contributed by atoms with E-state index in [-0.39, 0.29) is 37.2 Å². The fourth-order valence-corrected chi connectivity index (χ4v) is 9.39. The molecule has 1 saturated heterocycles. The maximum absolute atomic E-state index is 14.8. The van der Waals surface area contributed by atoms with Crippen LogP contribution in [-0.4, -0.2) is 99.9 Å². The van der Waals surface area contributed by atoms with Crippen molar-refractivity contribution >= 4 is 44.6 Å². The SMILES string of the molecule is COc1ccc2c(O[C@@H]3C[C@H]4C(=O)N[C@]5(C(=O)NS(=O)(=O)C6(C)CC6)C[C@H]5/C=C\CCCCC[C@H](NC(=O)c5ccn(C(C)C)n5)C(=O)N4C3)cc(OC(C)C)nc2c1C. The third kappa shape index (κ3) is 8.68. The summed E-state index contributed by atoms with van der Waals surface area (Å²) in [4.78, 5) is 63.3. The molecule has 3 aromatic rings. The lowest BCUT2D eigenvalue weighted by atomic mass is 10.0. The van der Waals surface area contributed by atoms with Gasteiger partial charge in [0.2, 0.25) is 27.7 Å². The molecule has 60 heavy (non-hydrogen) atoms. The number of rotatable bonds is 11. The Bertz CT molecular complexity index is 2300. The summed E-state index contributed by atoms with van der Waals surface area (Å²) in [5.41, 5.74) is -0.00613. The standard InChI is InChI=1S/C43H57N7O9S/c1-25(2)50-20-17-31(47-50)38(51)44-32-14-12-10-8-9-11-13-28-23-43(28,41(54)48-60(55,56)42(6)18-19-42)46-39(52)33-21-29(24-49(33)40(32)53)59-35-22-36(58-26(3)4)45-37-27(5)34(57-7)16-15-30(35)37/h11,13,15-17,20,22,25-26,28-29,32-33H,8-10,12,14,18-19,21,23-24H2,1-7H3,(H,44,51)(H,46,52)(H,48,54)/b13-11-/t28-,29-,32+,33+,43-/m1/s1. The van der Waals surface area contributed by atoms with E-state index in [1.807, 2.05) is 58.9 Å². The molecule has 0 radical (unpaired) electrons. The van der Waals surface area contributed by atoms with E-state index >= 15 is 0 Å². The average molecular weight is 848 g/mol. The van der Waals surface area contributed by atoms with E-state index in [2.05, 4.69) is 20.5 Å². The van der Waals surface area contributed by atoms with Crippen molar-refractivity contribution in [2.45, 2.75) is 140 Å². The zero-order valence-electron chi connectivity index (χ0n) is 35.4. The number of amides is 4. The lowest BCUT2D eigenvalue weighted by Gasteiger charge is -2.30. The highest BCUT2D eigenvalue weighted by Crippen LogP contribution is 2.47. The summed E-state index contributed by atoms with van der Waals surface area (Å²) in [5.74, 6) is -1.50. The Kier molecular flexibility index (Phi) is 11.9. The highest BCUT2D eigenvalue weighted by molar-refractivity contribution is 7.91. The predicted octanol–water partition coefficient (Wildman–Crippen LogP) is 4.66. The number of carbonyl (C=O) groups is 4. The van der Waals surface area contributed by atoms with Gasteiger partial charge in [0.15, 0.2) is 0 Å². The quantitative estimate of drug-likeness (QED) is 0.227. The molecule has 7 rings (SSSR count). The Morgan fingerprint density at radius 2 is 1.82 bits per heavy atom. The molecule has 3 fully saturated rings. The second-order valence-corrected chi connectivity index (χ2v) is 19.6. The van der Waals surface area contributed by atoms with Crippen molar-refractivity contribution in [2.24, 2.45) is 5.92 Å². The minimum Gasteiger partial charge on any atom is -0.496 e. The van der Waals surface area contributed by atoms with Crippen LogP contribution in [-0.2, 0) is 24.4 Å². The lowest BCUT2D eigenvalue weighted by Crippen LogP contribution is -2.58. The first-order valence-corrected chi connectivity index (χ1v) is 22.5. The van der Waals surface area contributed by atoms with Gasteiger partial charge in [0.05, 0.1) is 30.0 Å². The smallest absolute Gasteiger partial charge is 0.272 e. The molecule has 2 aliphatic heterocycles. The summed E-state index contributed by atoms with van der Waals surface area (Å²) in [6.45, 7) is 11.1. The van der Waals surface area contributed by atoms with Gasteiger partial charge >= 0.3 is 0 Å². The van der Waals surface area contributed by atoms with E-state index < -0.39 is 68.0 Å². The number of ether oxygens (including phenoxy) is 3. The summed E-state index contributed by atoms with van der Waals surface area (Å²) in [5, 5.41) is 10.9. The highest BCUT2D eigenvalue weighted by Gasteiger charge is 2.63. The first-order chi connectivity index (χ1) is 28.4. The van der Waals surface area contributed by atoms with Crippen LogP contribution in [0.4, 0.5) is 0 Å². The van der Waals surface area contributed by atoms with Gasteiger partial charge < -0.3 is 29.7 Å². The molecule has 2 saturated carbocycles. The van der Waals surface area contributed by atoms with Gasteiger partial charge in [0.1, 0.15) is 40.9 Å². The minimum atomic E-state index is -4.01. The molecule has 2 aromatic heterocycles. The summed E-state index contributed by atoms with van der Waals surface area (Å²) in [7, 11) is -2.43. The number of allylic oxidation sites excluding steroid dienone is 1. The van der Waals surface area contributed by atoms with Crippen LogP contribution in [0.3, 0.4) is 0 Å². The molecule has 16 nitrogen and oxygen atoms in total. The third-order valence-corrected chi connectivity index (χ3v) is 14.3. The molecule has 0 bridgehead atoms. The number of aryl methyl sites for hydroxylation is 1. The number of nitrogens with zero attached hydrogens (tertiary/aromatic N) is 4. The van der Waals surface area contributed by atoms with Crippen LogP contribution in [0.2, 0.25) is 0 Å². The van der Waals surface area contributed by atoms with E-state index in [4.69, 9.17) is 19.2 Å². The Morgan fingerprint density at radius 3 is 2.50 bits per heavy atom. The van der Waals surface area contributed by atoms with Crippen molar-refractivity contribution in [3.05, 3.63) is 53.9 Å². The van der Waals surface area contributed by atoms with Crippen molar-refractivity contribution in [3.63, 3.8) is 0 Å². The second kappa shape index (κ2) is 16.7. The molecule has 324 valence electrons. The van der Waals surface area contributed by atoms with E-state index in [1.54, 1.807) is 37.0 Å². The zero-order valence-corrected chi connectivity index (χ0v) is 36.3. The van der Waals surface area contributed by atoms with Crippen LogP contribution < -0.4 is 29.6 Å². The van der Waals surface area contributed by atoms with Crippen molar-refractivity contribution in [2.75, 3.05) is 13.7 Å². The van der Waals surface area contributed by atoms with Crippen LogP contribution in [0.25, 0.3) is 10.9 Å². The van der Waals surface area contributed by atoms with E-state index in [1.165, 1.54) is 4.90 Å². The largest absolute Gasteiger partial charge is 0.496 e. The van der Waals surface area contributed by atoms with Gasteiger partial charge in [0.25, 0.3) is 11.8 Å². The fraction of sp³-hybridized carbons (Fsp3) is 0.581. The fourth-order valence-electron chi connectivity index (χ4n) is 8.08. The van der Waals surface area contributed by atoms with Crippen LogP contribution in [0.5, 0.6) is 17.4 Å². The monoisotopic (exact) mass is 847 g/mol. The molecule has 1 aromatic carbocycles. The van der Waals surface area contributed by atoms with Gasteiger partial charge in [-0.2, -0.15) is 5.10 Å². The molecule has 3 N–H and O–H groups in total. The Hall–Kier alpha value is -5.19. The number of hydrogen-bond donors (Lipinski definition) is 3.